The van der Waals surface area contributed by atoms with E-state index in [-0.39, 0.29) is 0 Å². The Morgan fingerprint density at radius 1 is 1.07 bits per heavy atom. The molecule has 0 saturated heterocycles. The second-order valence-electron chi connectivity index (χ2n) is 6.18. The summed E-state index contributed by atoms with van der Waals surface area (Å²) in [6.07, 6.45) is 3.98. The first kappa shape index (κ1) is 15.0. The molecular formula is C14H31N. The SMILES string of the molecule is CCCC(C)(CNCC(C)C)CC(C)C. The van der Waals surface area contributed by atoms with E-state index >= 15 is 0 Å². The molecule has 0 heterocycles. The molecule has 0 saturated carbocycles. The number of rotatable bonds is 8. The number of hydrogen-bond acceptors (Lipinski definition) is 1. The molecule has 0 fully saturated rings. The molecule has 0 aliphatic heterocycles. The van der Waals surface area contributed by atoms with Crippen molar-refractivity contribution in [1.82, 2.24) is 5.32 Å². The highest BCUT2D eigenvalue weighted by Crippen LogP contribution is 2.30. The summed E-state index contributed by atoms with van der Waals surface area (Å²) < 4.78 is 0. The highest BCUT2D eigenvalue weighted by atomic mass is 14.9. The maximum absolute atomic E-state index is 3.62. The van der Waals surface area contributed by atoms with Gasteiger partial charge in [0.25, 0.3) is 0 Å². The second kappa shape index (κ2) is 7.27. The topological polar surface area (TPSA) is 12.0 Å². The number of hydrogen-bond donors (Lipinski definition) is 1. The molecule has 0 spiro atoms. The van der Waals surface area contributed by atoms with Crippen LogP contribution >= 0.6 is 0 Å². The lowest BCUT2D eigenvalue weighted by Crippen LogP contribution is -2.34. The van der Waals surface area contributed by atoms with Crippen LogP contribution in [0.5, 0.6) is 0 Å². The monoisotopic (exact) mass is 213 g/mol. The van der Waals surface area contributed by atoms with Gasteiger partial charge in [-0.2, -0.15) is 0 Å². The predicted molar refractivity (Wildman–Crippen MR) is 70.2 cm³/mol. The summed E-state index contributed by atoms with van der Waals surface area (Å²) in [5, 5.41) is 3.62. The Morgan fingerprint density at radius 3 is 2.07 bits per heavy atom. The van der Waals surface area contributed by atoms with Crippen molar-refractivity contribution in [2.24, 2.45) is 17.3 Å². The average Bonchev–Trinajstić information content (AvgIpc) is 2.01. The summed E-state index contributed by atoms with van der Waals surface area (Å²) in [7, 11) is 0. The quantitative estimate of drug-likeness (QED) is 0.640. The maximum atomic E-state index is 3.62. The molecule has 0 aromatic rings. The molecule has 15 heavy (non-hydrogen) atoms. The molecular weight excluding hydrogens is 182 g/mol. The van der Waals surface area contributed by atoms with Crippen molar-refractivity contribution in [2.75, 3.05) is 13.1 Å². The molecule has 0 aromatic heterocycles. The molecule has 1 heteroatoms. The van der Waals surface area contributed by atoms with Crippen LogP contribution in [0.2, 0.25) is 0 Å². The minimum atomic E-state index is 0.498. The molecule has 0 aliphatic carbocycles. The van der Waals surface area contributed by atoms with Gasteiger partial charge in [0.2, 0.25) is 0 Å². The van der Waals surface area contributed by atoms with Gasteiger partial charge in [-0.25, -0.2) is 0 Å². The van der Waals surface area contributed by atoms with Gasteiger partial charge < -0.3 is 5.32 Å². The Balaban J connectivity index is 4.00. The van der Waals surface area contributed by atoms with Gasteiger partial charge in [0.05, 0.1) is 0 Å². The average molecular weight is 213 g/mol. The molecule has 0 rings (SSSR count). The van der Waals surface area contributed by atoms with Crippen molar-refractivity contribution in [3.63, 3.8) is 0 Å². The van der Waals surface area contributed by atoms with Gasteiger partial charge in [0.1, 0.15) is 0 Å². The van der Waals surface area contributed by atoms with E-state index < -0.39 is 0 Å². The van der Waals surface area contributed by atoms with Gasteiger partial charge in [0.15, 0.2) is 0 Å². The van der Waals surface area contributed by atoms with Gasteiger partial charge >= 0.3 is 0 Å². The van der Waals surface area contributed by atoms with E-state index in [1.807, 2.05) is 0 Å². The third-order valence-corrected chi connectivity index (χ3v) is 2.86. The second-order valence-corrected chi connectivity index (χ2v) is 6.18. The zero-order chi connectivity index (χ0) is 11.9. The molecule has 0 aromatic carbocycles. The summed E-state index contributed by atoms with van der Waals surface area (Å²) in [4.78, 5) is 0. The van der Waals surface area contributed by atoms with Crippen molar-refractivity contribution in [1.29, 1.82) is 0 Å². The highest BCUT2D eigenvalue weighted by Gasteiger charge is 2.23. The molecule has 1 N–H and O–H groups in total. The first-order valence-corrected chi connectivity index (χ1v) is 6.60. The van der Waals surface area contributed by atoms with E-state index in [1.165, 1.54) is 25.8 Å². The zero-order valence-electron chi connectivity index (χ0n) is 11.7. The fourth-order valence-electron chi connectivity index (χ4n) is 2.51. The first-order chi connectivity index (χ1) is 6.89. The molecule has 1 atom stereocenters. The molecule has 1 nitrogen and oxygen atoms in total. The van der Waals surface area contributed by atoms with Crippen molar-refractivity contribution in [2.45, 2.75) is 60.8 Å². The summed E-state index contributed by atoms with van der Waals surface area (Å²) in [5.41, 5.74) is 0.498. The predicted octanol–water partition coefficient (Wildman–Crippen LogP) is 4.08. The summed E-state index contributed by atoms with van der Waals surface area (Å²) >= 11 is 0. The smallest absolute Gasteiger partial charge is 0.000537 e. The van der Waals surface area contributed by atoms with Gasteiger partial charge in [0, 0.05) is 6.54 Å². The third-order valence-electron chi connectivity index (χ3n) is 2.86. The largest absolute Gasteiger partial charge is 0.316 e. The lowest BCUT2D eigenvalue weighted by molar-refractivity contribution is 0.221. The lowest BCUT2D eigenvalue weighted by atomic mass is 9.78. The normalized spacial score (nSPS) is 16.0. The lowest BCUT2D eigenvalue weighted by Gasteiger charge is -2.32. The Bertz CT molecular complexity index is 151. The van der Waals surface area contributed by atoms with E-state index in [0.717, 1.165) is 18.4 Å². The number of nitrogens with one attached hydrogen (secondary N) is 1. The van der Waals surface area contributed by atoms with Crippen molar-refractivity contribution < 1.29 is 0 Å². The fraction of sp³-hybridized carbons (Fsp3) is 1.00. The van der Waals surface area contributed by atoms with Gasteiger partial charge in [-0.15, -0.1) is 0 Å². The summed E-state index contributed by atoms with van der Waals surface area (Å²) in [5.74, 6) is 1.57. The van der Waals surface area contributed by atoms with Crippen LogP contribution in [0.4, 0.5) is 0 Å². The van der Waals surface area contributed by atoms with Crippen molar-refractivity contribution in [3.05, 3.63) is 0 Å². The highest BCUT2D eigenvalue weighted by molar-refractivity contribution is 4.78. The van der Waals surface area contributed by atoms with E-state index in [9.17, 15) is 0 Å². The molecule has 92 valence electrons. The standard InChI is InChI=1S/C14H31N/c1-7-8-14(6,9-12(2)3)11-15-10-13(4)5/h12-13,15H,7-11H2,1-6H3. The van der Waals surface area contributed by atoms with Crippen LogP contribution in [0.1, 0.15) is 60.8 Å². The Labute approximate surface area is 97.0 Å². The van der Waals surface area contributed by atoms with E-state index in [0.29, 0.717) is 5.41 Å². The Kier molecular flexibility index (Phi) is 7.25. The van der Waals surface area contributed by atoms with Crippen LogP contribution in [0.25, 0.3) is 0 Å². The van der Waals surface area contributed by atoms with Crippen LogP contribution in [-0.2, 0) is 0 Å². The van der Waals surface area contributed by atoms with Crippen LogP contribution in [0.15, 0.2) is 0 Å². The first-order valence-electron chi connectivity index (χ1n) is 6.60. The van der Waals surface area contributed by atoms with Crippen molar-refractivity contribution in [3.8, 4) is 0 Å². The Morgan fingerprint density at radius 2 is 1.67 bits per heavy atom. The van der Waals surface area contributed by atoms with Crippen LogP contribution in [0.3, 0.4) is 0 Å². The molecule has 0 aliphatic rings. The van der Waals surface area contributed by atoms with Gasteiger partial charge in [-0.1, -0.05) is 48.0 Å². The zero-order valence-corrected chi connectivity index (χ0v) is 11.7. The van der Waals surface area contributed by atoms with Crippen LogP contribution in [0, 0.1) is 17.3 Å². The van der Waals surface area contributed by atoms with Crippen LogP contribution < -0.4 is 5.32 Å². The molecule has 0 bridgehead atoms. The van der Waals surface area contributed by atoms with Crippen molar-refractivity contribution >= 4 is 0 Å². The summed E-state index contributed by atoms with van der Waals surface area (Å²) in [6, 6.07) is 0. The Hall–Kier alpha value is -0.0400. The minimum Gasteiger partial charge on any atom is -0.316 e. The van der Waals surface area contributed by atoms with E-state index in [4.69, 9.17) is 0 Å². The van der Waals surface area contributed by atoms with E-state index in [2.05, 4.69) is 46.9 Å². The van der Waals surface area contributed by atoms with E-state index in [1.54, 1.807) is 0 Å². The third kappa shape index (κ3) is 7.84. The molecule has 0 radical (unpaired) electrons. The summed E-state index contributed by atoms with van der Waals surface area (Å²) in [6.45, 7) is 16.3. The minimum absolute atomic E-state index is 0.498. The fourth-order valence-corrected chi connectivity index (χ4v) is 2.51. The van der Waals surface area contributed by atoms with Gasteiger partial charge in [-0.3, -0.25) is 0 Å². The maximum Gasteiger partial charge on any atom is 0.000537 e. The molecule has 0 amide bonds. The molecule has 1 unspecified atom stereocenters. The van der Waals surface area contributed by atoms with Gasteiger partial charge in [-0.05, 0) is 36.6 Å². The van der Waals surface area contributed by atoms with Crippen LogP contribution in [-0.4, -0.2) is 13.1 Å².